The van der Waals surface area contributed by atoms with Gasteiger partial charge in [0.1, 0.15) is 0 Å². The van der Waals surface area contributed by atoms with Crippen molar-refractivity contribution in [3.05, 3.63) is 109 Å². The van der Waals surface area contributed by atoms with E-state index < -0.39 is 0 Å². The van der Waals surface area contributed by atoms with Gasteiger partial charge in [-0.2, -0.15) is 0 Å². The zero-order chi connectivity index (χ0) is 18.2. The standard InChI is InChI=1S/C27H20/c1-19-8-6-10-20(16-19)21-11-7-12-22(17-21)27-18-23-9-2-3-13-24(23)25-14-4-5-15-26(25)27/h2-18H,1H3. The molecule has 0 aromatic heterocycles. The third kappa shape index (κ3) is 2.80. The van der Waals surface area contributed by atoms with Crippen molar-refractivity contribution in [3.8, 4) is 22.3 Å². The van der Waals surface area contributed by atoms with E-state index in [9.17, 15) is 0 Å². The van der Waals surface area contributed by atoms with Gasteiger partial charge in [-0.1, -0.05) is 96.6 Å². The van der Waals surface area contributed by atoms with Gasteiger partial charge in [-0.3, -0.25) is 0 Å². The van der Waals surface area contributed by atoms with Gasteiger partial charge in [-0.25, -0.2) is 0 Å². The Balaban J connectivity index is 1.77. The highest BCUT2D eigenvalue weighted by Crippen LogP contribution is 2.36. The summed E-state index contributed by atoms with van der Waals surface area (Å²) >= 11 is 0. The summed E-state index contributed by atoms with van der Waals surface area (Å²) in [5.41, 5.74) is 6.36. The van der Waals surface area contributed by atoms with E-state index in [2.05, 4.69) is 110 Å². The predicted molar refractivity (Wildman–Crippen MR) is 117 cm³/mol. The molecule has 0 nitrogen and oxygen atoms in total. The molecule has 0 bridgehead atoms. The van der Waals surface area contributed by atoms with Crippen LogP contribution in [0.1, 0.15) is 5.56 Å². The summed E-state index contributed by atoms with van der Waals surface area (Å²) in [4.78, 5) is 0. The van der Waals surface area contributed by atoms with Gasteiger partial charge in [0.05, 0.1) is 0 Å². The van der Waals surface area contributed by atoms with Crippen LogP contribution in [0.15, 0.2) is 103 Å². The van der Waals surface area contributed by atoms with E-state index in [1.165, 1.54) is 49.4 Å². The molecular formula is C27H20. The van der Waals surface area contributed by atoms with Crippen LogP contribution in [0.25, 0.3) is 43.8 Å². The summed E-state index contributed by atoms with van der Waals surface area (Å²) in [5.74, 6) is 0. The van der Waals surface area contributed by atoms with Crippen molar-refractivity contribution in [2.45, 2.75) is 6.92 Å². The van der Waals surface area contributed by atoms with Crippen LogP contribution in [-0.4, -0.2) is 0 Å². The van der Waals surface area contributed by atoms with Crippen LogP contribution in [0, 0.1) is 6.92 Å². The number of hydrogen-bond acceptors (Lipinski definition) is 0. The van der Waals surface area contributed by atoms with Crippen LogP contribution < -0.4 is 0 Å². The first kappa shape index (κ1) is 15.8. The molecule has 128 valence electrons. The fourth-order valence-corrected chi connectivity index (χ4v) is 3.98. The molecule has 27 heavy (non-hydrogen) atoms. The first-order valence-corrected chi connectivity index (χ1v) is 9.37. The summed E-state index contributed by atoms with van der Waals surface area (Å²) in [6.07, 6.45) is 0. The maximum Gasteiger partial charge on any atom is -0.00988 e. The van der Waals surface area contributed by atoms with Crippen molar-refractivity contribution in [3.63, 3.8) is 0 Å². The zero-order valence-corrected chi connectivity index (χ0v) is 15.3. The van der Waals surface area contributed by atoms with Gasteiger partial charge < -0.3 is 0 Å². The van der Waals surface area contributed by atoms with E-state index in [0.717, 1.165) is 0 Å². The summed E-state index contributed by atoms with van der Waals surface area (Å²) in [6.45, 7) is 2.14. The Labute approximate surface area is 159 Å². The van der Waals surface area contributed by atoms with Crippen LogP contribution in [0.5, 0.6) is 0 Å². The molecule has 0 heterocycles. The van der Waals surface area contributed by atoms with Crippen LogP contribution in [0.3, 0.4) is 0 Å². The average Bonchev–Trinajstić information content (AvgIpc) is 2.73. The van der Waals surface area contributed by atoms with E-state index in [1.54, 1.807) is 0 Å². The molecule has 0 atom stereocenters. The highest BCUT2D eigenvalue weighted by molar-refractivity contribution is 6.13. The molecule has 0 heteroatoms. The van der Waals surface area contributed by atoms with Crippen molar-refractivity contribution >= 4 is 21.5 Å². The minimum atomic E-state index is 1.26. The largest absolute Gasteiger partial charge is 0.0616 e. The lowest BCUT2D eigenvalue weighted by Gasteiger charge is -2.12. The normalized spacial score (nSPS) is 11.1. The SMILES string of the molecule is Cc1cccc(-c2cccc(-c3cc4ccccc4c4ccccc34)c2)c1. The summed E-state index contributed by atoms with van der Waals surface area (Å²) < 4.78 is 0. The quantitative estimate of drug-likeness (QED) is 0.289. The molecule has 0 aliphatic rings. The summed E-state index contributed by atoms with van der Waals surface area (Å²) in [7, 11) is 0. The number of aryl methyl sites for hydroxylation is 1. The number of rotatable bonds is 2. The molecule has 0 saturated heterocycles. The molecule has 5 aromatic rings. The minimum Gasteiger partial charge on any atom is -0.0616 e. The topological polar surface area (TPSA) is 0 Å². The fraction of sp³-hybridized carbons (Fsp3) is 0.0370. The number of benzene rings is 5. The molecule has 0 saturated carbocycles. The van der Waals surface area contributed by atoms with Crippen LogP contribution >= 0.6 is 0 Å². The molecular weight excluding hydrogens is 324 g/mol. The maximum absolute atomic E-state index is 2.33. The van der Waals surface area contributed by atoms with Crippen molar-refractivity contribution in [2.75, 3.05) is 0 Å². The zero-order valence-electron chi connectivity index (χ0n) is 15.3. The highest BCUT2D eigenvalue weighted by atomic mass is 14.1. The van der Waals surface area contributed by atoms with Crippen LogP contribution in [0.4, 0.5) is 0 Å². The van der Waals surface area contributed by atoms with Gasteiger partial charge in [-0.15, -0.1) is 0 Å². The molecule has 5 rings (SSSR count). The Morgan fingerprint density at radius 1 is 0.444 bits per heavy atom. The van der Waals surface area contributed by atoms with E-state index >= 15 is 0 Å². The predicted octanol–water partition coefficient (Wildman–Crippen LogP) is 7.64. The first-order valence-electron chi connectivity index (χ1n) is 9.37. The van der Waals surface area contributed by atoms with E-state index in [-0.39, 0.29) is 0 Å². The Bertz CT molecular complexity index is 1280. The molecule has 5 aromatic carbocycles. The third-order valence-electron chi connectivity index (χ3n) is 5.29. The molecule has 0 aliphatic carbocycles. The van der Waals surface area contributed by atoms with E-state index in [4.69, 9.17) is 0 Å². The number of fused-ring (bicyclic) bond motifs is 3. The molecule has 0 radical (unpaired) electrons. The average molecular weight is 344 g/mol. The Morgan fingerprint density at radius 2 is 1.07 bits per heavy atom. The second-order valence-electron chi connectivity index (χ2n) is 7.14. The monoisotopic (exact) mass is 344 g/mol. The van der Waals surface area contributed by atoms with Gasteiger partial charge in [0.2, 0.25) is 0 Å². The molecule has 0 amide bonds. The molecule has 0 N–H and O–H groups in total. The van der Waals surface area contributed by atoms with Crippen LogP contribution in [0.2, 0.25) is 0 Å². The lowest BCUT2D eigenvalue weighted by molar-refractivity contribution is 1.47. The second-order valence-corrected chi connectivity index (χ2v) is 7.14. The van der Waals surface area contributed by atoms with Crippen LogP contribution in [-0.2, 0) is 0 Å². The van der Waals surface area contributed by atoms with E-state index in [0.29, 0.717) is 0 Å². The van der Waals surface area contributed by atoms with E-state index in [1.807, 2.05) is 0 Å². The van der Waals surface area contributed by atoms with Gasteiger partial charge in [0, 0.05) is 0 Å². The first-order chi connectivity index (χ1) is 13.3. The third-order valence-corrected chi connectivity index (χ3v) is 5.29. The number of hydrogen-bond donors (Lipinski definition) is 0. The van der Waals surface area contributed by atoms with Crippen molar-refractivity contribution < 1.29 is 0 Å². The van der Waals surface area contributed by atoms with Crippen molar-refractivity contribution in [1.29, 1.82) is 0 Å². The second kappa shape index (κ2) is 6.41. The molecule has 0 fully saturated rings. The summed E-state index contributed by atoms with van der Waals surface area (Å²) in [6, 6.07) is 37.3. The Morgan fingerprint density at radius 3 is 1.89 bits per heavy atom. The minimum absolute atomic E-state index is 1.26. The van der Waals surface area contributed by atoms with Gasteiger partial charge in [0.15, 0.2) is 0 Å². The van der Waals surface area contributed by atoms with Crippen molar-refractivity contribution in [1.82, 2.24) is 0 Å². The van der Waals surface area contributed by atoms with Crippen molar-refractivity contribution in [2.24, 2.45) is 0 Å². The fourth-order valence-electron chi connectivity index (χ4n) is 3.98. The highest BCUT2D eigenvalue weighted by Gasteiger charge is 2.09. The maximum atomic E-state index is 2.33. The van der Waals surface area contributed by atoms with Gasteiger partial charge in [0.25, 0.3) is 0 Å². The summed E-state index contributed by atoms with van der Waals surface area (Å²) in [5, 5.41) is 5.21. The smallest absolute Gasteiger partial charge is 0.00988 e. The molecule has 0 unspecified atom stereocenters. The molecule has 0 aliphatic heterocycles. The lowest BCUT2D eigenvalue weighted by atomic mass is 9.92. The lowest BCUT2D eigenvalue weighted by Crippen LogP contribution is -1.86. The van der Waals surface area contributed by atoms with Gasteiger partial charge in [-0.05, 0) is 62.9 Å². The molecule has 0 spiro atoms. The Kier molecular flexibility index (Phi) is 3.76. The van der Waals surface area contributed by atoms with Gasteiger partial charge >= 0.3 is 0 Å². The Hall–Kier alpha value is -3.38.